The molecular weight excluding hydrogens is 676 g/mol. The highest BCUT2D eigenvalue weighted by Crippen LogP contribution is 2.38. The van der Waals surface area contributed by atoms with Crippen LogP contribution in [0.3, 0.4) is 0 Å². The summed E-state index contributed by atoms with van der Waals surface area (Å²) >= 11 is 5.90. The first-order valence-corrected chi connectivity index (χ1v) is 19.3. The zero-order chi connectivity index (χ0) is 35.7. The molecule has 0 bridgehead atoms. The first-order chi connectivity index (χ1) is 24.1. The lowest BCUT2D eigenvalue weighted by Gasteiger charge is -2.26. The number of nitrogens with one attached hydrogen (secondary N) is 1. The Hall–Kier alpha value is -4.35. The largest absolute Gasteiger partial charge is 0.465 e. The Morgan fingerprint density at radius 2 is 1.66 bits per heavy atom. The predicted molar refractivity (Wildman–Crippen MR) is 197 cm³/mol. The summed E-state index contributed by atoms with van der Waals surface area (Å²) in [6.45, 7) is 0.409. The number of aromatic nitrogens is 1. The number of fused-ring (bicyclic) bond motifs is 1. The van der Waals surface area contributed by atoms with Crippen molar-refractivity contribution in [3.63, 3.8) is 0 Å². The van der Waals surface area contributed by atoms with Gasteiger partial charge in [-0.1, -0.05) is 73.9 Å². The van der Waals surface area contributed by atoms with Gasteiger partial charge in [0.2, 0.25) is 15.9 Å². The number of amides is 3. The van der Waals surface area contributed by atoms with Gasteiger partial charge in [-0.05, 0) is 67.0 Å². The van der Waals surface area contributed by atoms with Crippen LogP contribution in [-0.2, 0) is 27.9 Å². The van der Waals surface area contributed by atoms with Crippen molar-refractivity contribution in [2.24, 2.45) is 0 Å². The molecule has 1 aromatic heterocycles. The molecule has 1 aliphatic rings. The lowest BCUT2D eigenvalue weighted by atomic mass is 9.82. The Bertz CT molecular complexity index is 1910. The van der Waals surface area contributed by atoms with E-state index in [4.69, 9.17) is 16.7 Å². The van der Waals surface area contributed by atoms with E-state index in [1.165, 1.54) is 6.42 Å². The van der Waals surface area contributed by atoms with E-state index in [2.05, 4.69) is 5.32 Å². The van der Waals surface area contributed by atoms with Gasteiger partial charge in [-0.2, -0.15) is 0 Å². The highest BCUT2D eigenvalue weighted by molar-refractivity contribution is 7.89. The van der Waals surface area contributed by atoms with Crippen LogP contribution in [0.25, 0.3) is 22.2 Å². The summed E-state index contributed by atoms with van der Waals surface area (Å²) in [5.41, 5.74) is 4.01. The summed E-state index contributed by atoms with van der Waals surface area (Å²) < 4.78 is 30.5. The van der Waals surface area contributed by atoms with Gasteiger partial charge in [0, 0.05) is 48.0 Å². The van der Waals surface area contributed by atoms with Gasteiger partial charge in [-0.25, -0.2) is 17.5 Å². The van der Waals surface area contributed by atoms with Crippen LogP contribution in [0.1, 0.15) is 72.3 Å². The minimum Gasteiger partial charge on any atom is -0.465 e. The van der Waals surface area contributed by atoms with Crippen molar-refractivity contribution in [2.45, 2.75) is 64.0 Å². The zero-order valence-corrected chi connectivity index (χ0v) is 30.0. The fourth-order valence-corrected chi connectivity index (χ4v) is 8.39. The number of nitrogens with zero attached hydrogens (tertiary/aromatic N) is 3. The van der Waals surface area contributed by atoms with Crippen molar-refractivity contribution < 1.29 is 27.9 Å². The van der Waals surface area contributed by atoms with E-state index in [0.717, 1.165) is 46.5 Å². The number of hydrogen-bond acceptors (Lipinski definition) is 5. The molecule has 0 unspecified atom stereocenters. The van der Waals surface area contributed by atoms with Crippen LogP contribution in [-0.4, -0.2) is 77.0 Å². The van der Waals surface area contributed by atoms with Gasteiger partial charge in [-0.3, -0.25) is 9.59 Å². The number of alkyl halides is 1. The first kappa shape index (κ1) is 36.9. The predicted octanol–water partition coefficient (Wildman–Crippen LogP) is 7.07. The maximum Gasteiger partial charge on any atom is 0.404 e. The van der Waals surface area contributed by atoms with Crippen LogP contribution in [0.15, 0.2) is 78.9 Å². The van der Waals surface area contributed by atoms with E-state index >= 15 is 0 Å². The molecule has 3 aromatic carbocycles. The molecule has 10 nitrogen and oxygen atoms in total. The monoisotopic (exact) mass is 720 g/mol. The van der Waals surface area contributed by atoms with Crippen molar-refractivity contribution in [1.29, 1.82) is 0 Å². The number of para-hydroxylation sites is 1. The maximum absolute atomic E-state index is 14.7. The van der Waals surface area contributed by atoms with E-state index in [9.17, 15) is 22.8 Å². The number of carbonyl (C=O) groups excluding carboxylic acids is 2. The van der Waals surface area contributed by atoms with E-state index in [1.54, 1.807) is 30.1 Å². The molecule has 4 aromatic rings. The van der Waals surface area contributed by atoms with Crippen molar-refractivity contribution in [3.8, 4) is 11.3 Å². The van der Waals surface area contributed by atoms with E-state index < -0.39 is 22.0 Å². The molecule has 5 rings (SSSR count). The fourth-order valence-electron chi connectivity index (χ4n) is 6.67. The number of benzene rings is 3. The number of sulfonamides is 1. The van der Waals surface area contributed by atoms with Crippen molar-refractivity contribution in [2.75, 3.05) is 31.8 Å². The van der Waals surface area contributed by atoms with Crippen molar-refractivity contribution in [3.05, 3.63) is 95.6 Å². The molecule has 1 saturated carbocycles. The second kappa shape index (κ2) is 17.0. The Labute approximate surface area is 299 Å². The Morgan fingerprint density at radius 1 is 0.940 bits per heavy atom. The second-order valence-electron chi connectivity index (χ2n) is 12.9. The number of carbonyl (C=O) groups is 3. The van der Waals surface area contributed by atoms with E-state index in [-0.39, 0.29) is 49.2 Å². The second-order valence-corrected chi connectivity index (χ2v) is 15.3. The Balaban J connectivity index is 1.61. The molecule has 50 heavy (non-hydrogen) atoms. The third-order valence-corrected chi connectivity index (χ3v) is 11.4. The molecule has 2 N–H and O–H groups in total. The molecular formula is C38H45ClN4O6S. The molecule has 12 heteroatoms. The molecule has 1 aliphatic carbocycles. The van der Waals surface area contributed by atoms with Crippen LogP contribution in [0.2, 0.25) is 0 Å². The highest BCUT2D eigenvalue weighted by Gasteiger charge is 2.32. The van der Waals surface area contributed by atoms with Gasteiger partial charge >= 0.3 is 6.09 Å². The van der Waals surface area contributed by atoms with Gasteiger partial charge in [0.05, 0.1) is 18.0 Å². The number of rotatable bonds is 15. The molecule has 0 spiro atoms. The van der Waals surface area contributed by atoms with Gasteiger partial charge in [-0.15, -0.1) is 11.6 Å². The number of likely N-dealkylation sites (N-methyl/N-ethyl adjacent to an activating group) is 1. The van der Waals surface area contributed by atoms with Gasteiger partial charge in [0.25, 0.3) is 5.91 Å². The zero-order valence-electron chi connectivity index (χ0n) is 28.4. The SMILES string of the molecule is CN(CCCNC(=O)O)C(=O)Cn1c(-c2cc(C3CCCCC3)ccc2C(=O)N(Cc2ccccc2)S(=O)(=O)CCCCl)cc2ccccc21. The summed E-state index contributed by atoms with van der Waals surface area (Å²) in [5.74, 6) is -0.641. The molecule has 0 aliphatic heterocycles. The molecule has 3 amide bonds. The smallest absolute Gasteiger partial charge is 0.404 e. The minimum absolute atomic E-state index is 0.0330. The summed E-state index contributed by atoms with van der Waals surface area (Å²) in [7, 11) is -2.37. The molecule has 0 saturated heterocycles. The number of hydrogen-bond donors (Lipinski definition) is 2. The highest BCUT2D eigenvalue weighted by atomic mass is 35.5. The molecule has 1 fully saturated rings. The lowest BCUT2D eigenvalue weighted by molar-refractivity contribution is -0.130. The van der Waals surface area contributed by atoms with Crippen molar-refractivity contribution >= 4 is 50.4 Å². The number of halogens is 1. The fraction of sp³-hybridized carbons (Fsp3) is 0.395. The molecule has 1 heterocycles. The Kier molecular flexibility index (Phi) is 12.6. The van der Waals surface area contributed by atoms with Gasteiger partial charge in [0.15, 0.2) is 0 Å². The van der Waals surface area contributed by atoms with Crippen LogP contribution in [0.5, 0.6) is 0 Å². The lowest BCUT2D eigenvalue weighted by Crippen LogP contribution is -2.38. The normalized spacial score (nSPS) is 13.6. The average Bonchev–Trinajstić information content (AvgIpc) is 3.49. The topological polar surface area (TPSA) is 129 Å². The third kappa shape index (κ3) is 9.05. The van der Waals surface area contributed by atoms with Crippen LogP contribution in [0.4, 0.5) is 4.79 Å². The minimum atomic E-state index is -4.05. The van der Waals surface area contributed by atoms with E-state index in [1.807, 2.05) is 65.2 Å². The van der Waals surface area contributed by atoms with E-state index in [0.29, 0.717) is 35.7 Å². The summed E-state index contributed by atoms with van der Waals surface area (Å²) in [6.07, 6.45) is 5.02. The summed E-state index contributed by atoms with van der Waals surface area (Å²) in [4.78, 5) is 40.7. The maximum atomic E-state index is 14.7. The third-order valence-electron chi connectivity index (χ3n) is 9.37. The Morgan fingerprint density at radius 3 is 2.38 bits per heavy atom. The van der Waals surface area contributed by atoms with Crippen LogP contribution in [0, 0.1) is 0 Å². The van der Waals surface area contributed by atoms with Crippen LogP contribution >= 0.6 is 11.6 Å². The summed E-state index contributed by atoms with van der Waals surface area (Å²) in [5, 5.41) is 12.1. The molecule has 266 valence electrons. The van der Waals surface area contributed by atoms with Crippen molar-refractivity contribution in [1.82, 2.24) is 19.1 Å². The number of carboxylic acid groups (broad SMARTS) is 1. The molecule has 0 radical (unpaired) electrons. The van der Waals surface area contributed by atoms with Crippen LogP contribution < -0.4 is 5.32 Å². The average molecular weight is 721 g/mol. The standard InChI is InChI=1S/C38H45ClN4O6S/c1-41(22-11-21-40-38(46)47)36(44)27-42-34-17-9-8-16-31(34)25-35(42)33-24-30(29-14-6-3-7-15-29)18-19-32(33)37(45)43(50(48,49)23-10-20-39)26-28-12-4-2-5-13-28/h2,4-5,8-9,12-13,16-19,24-25,29,40H,3,6-7,10-11,14-15,20-23,26-27H2,1H3,(H,46,47). The first-order valence-electron chi connectivity index (χ1n) is 17.2. The van der Waals surface area contributed by atoms with Gasteiger partial charge in [0.1, 0.15) is 6.54 Å². The summed E-state index contributed by atoms with van der Waals surface area (Å²) in [6, 6.07) is 24.4. The quantitative estimate of drug-likeness (QED) is 0.0999. The molecule has 0 atom stereocenters. The van der Waals surface area contributed by atoms with Gasteiger partial charge < -0.3 is 19.9 Å².